The molecule has 0 aliphatic heterocycles. The second-order valence-corrected chi connectivity index (χ2v) is 4.18. The van der Waals surface area contributed by atoms with Gasteiger partial charge in [-0.3, -0.25) is 4.57 Å². The molecule has 2 rings (SSSR count). The first-order chi connectivity index (χ1) is 7.61. The summed E-state index contributed by atoms with van der Waals surface area (Å²) < 4.78 is 14.5. The number of anilines is 1. The molecule has 5 nitrogen and oxygen atoms in total. The molecule has 0 aromatic carbocycles. The van der Waals surface area contributed by atoms with Gasteiger partial charge in [-0.2, -0.15) is 4.98 Å². The number of aliphatic hydroxyl groups is 1. The maximum absolute atomic E-state index is 13.2. The van der Waals surface area contributed by atoms with Crippen LogP contribution in [0.2, 0.25) is 0 Å². The quantitative estimate of drug-likeness (QED) is 0.761. The standard InChI is InChI=1S/C10H14FN3O2/c11-8-4-14(10(16)13-9(8)12)7-2-1-6(3-7)5-15/h4,6-7,15H,1-3,5H2,(H2,12,13,16)/t6-,7+/m1/s1. The van der Waals surface area contributed by atoms with Crippen LogP contribution in [0.3, 0.4) is 0 Å². The lowest BCUT2D eigenvalue weighted by Crippen LogP contribution is -2.27. The average molecular weight is 227 g/mol. The minimum atomic E-state index is -0.674. The molecular formula is C10H14FN3O2. The number of aromatic nitrogens is 2. The Morgan fingerprint density at radius 2 is 2.38 bits per heavy atom. The molecule has 1 saturated carbocycles. The average Bonchev–Trinajstić information content (AvgIpc) is 2.71. The van der Waals surface area contributed by atoms with E-state index >= 15 is 0 Å². The third-order valence-electron chi connectivity index (χ3n) is 3.10. The Bertz CT molecular complexity index is 446. The van der Waals surface area contributed by atoms with Gasteiger partial charge in [0.25, 0.3) is 0 Å². The molecule has 0 radical (unpaired) electrons. The molecule has 16 heavy (non-hydrogen) atoms. The van der Waals surface area contributed by atoms with Crippen molar-refractivity contribution in [2.24, 2.45) is 5.92 Å². The van der Waals surface area contributed by atoms with Gasteiger partial charge in [0.1, 0.15) is 0 Å². The first-order valence-corrected chi connectivity index (χ1v) is 5.27. The van der Waals surface area contributed by atoms with Crippen LogP contribution in [0.5, 0.6) is 0 Å². The molecule has 1 fully saturated rings. The second-order valence-electron chi connectivity index (χ2n) is 4.18. The van der Waals surface area contributed by atoms with Gasteiger partial charge in [-0.1, -0.05) is 0 Å². The molecule has 3 N–H and O–H groups in total. The lowest BCUT2D eigenvalue weighted by atomic mass is 10.1. The number of hydrogen-bond donors (Lipinski definition) is 2. The van der Waals surface area contributed by atoms with Crippen molar-refractivity contribution >= 4 is 5.82 Å². The van der Waals surface area contributed by atoms with Crippen LogP contribution < -0.4 is 11.4 Å². The van der Waals surface area contributed by atoms with Gasteiger partial charge >= 0.3 is 5.69 Å². The van der Waals surface area contributed by atoms with Crippen LogP contribution in [0.4, 0.5) is 10.2 Å². The maximum Gasteiger partial charge on any atom is 0.349 e. The minimum Gasteiger partial charge on any atom is -0.396 e. The van der Waals surface area contributed by atoms with Gasteiger partial charge in [-0.05, 0) is 25.2 Å². The largest absolute Gasteiger partial charge is 0.396 e. The molecule has 1 aromatic rings. The monoisotopic (exact) mass is 227 g/mol. The van der Waals surface area contributed by atoms with Crippen LogP contribution in [0.15, 0.2) is 11.0 Å². The summed E-state index contributed by atoms with van der Waals surface area (Å²) in [4.78, 5) is 14.9. The third-order valence-corrected chi connectivity index (χ3v) is 3.10. The highest BCUT2D eigenvalue weighted by Gasteiger charge is 2.26. The summed E-state index contributed by atoms with van der Waals surface area (Å²) in [5.41, 5.74) is 4.68. The molecule has 6 heteroatoms. The first-order valence-electron chi connectivity index (χ1n) is 5.27. The van der Waals surface area contributed by atoms with Gasteiger partial charge in [0.15, 0.2) is 11.6 Å². The van der Waals surface area contributed by atoms with Crippen molar-refractivity contribution in [3.8, 4) is 0 Å². The van der Waals surface area contributed by atoms with Gasteiger partial charge in [-0.25, -0.2) is 9.18 Å². The van der Waals surface area contributed by atoms with Gasteiger partial charge in [0.2, 0.25) is 0 Å². The Morgan fingerprint density at radius 3 is 3.00 bits per heavy atom. The lowest BCUT2D eigenvalue weighted by Gasteiger charge is -2.13. The zero-order valence-electron chi connectivity index (χ0n) is 8.77. The fourth-order valence-corrected chi connectivity index (χ4v) is 2.19. The number of nitrogen functional groups attached to an aromatic ring is 1. The molecular weight excluding hydrogens is 213 g/mol. The third kappa shape index (κ3) is 1.92. The van der Waals surface area contributed by atoms with Gasteiger partial charge < -0.3 is 10.8 Å². The van der Waals surface area contributed by atoms with Crippen molar-refractivity contribution in [3.05, 3.63) is 22.5 Å². The minimum absolute atomic E-state index is 0.0766. The number of rotatable bonds is 2. The van der Waals surface area contributed by atoms with Crippen molar-refractivity contribution in [2.45, 2.75) is 25.3 Å². The van der Waals surface area contributed by atoms with E-state index in [9.17, 15) is 9.18 Å². The highest BCUT2D eigenvalue weighted by atomic mass is 19.1. The fourth-order valence-electron chi connectivity index (χ4n) is 2.19. The molecule has 1 aromatic heterocycles. The maximum atomic E-state index is 13.2. The summed E-state index contributed by atoms with van der Waals surface area (Å²) in [5.74, 6) is -0.845. The molecule has 88 valence electrons. The normalized spacial score (nSPS) is 24.9. The van der Waals surface area contributed by atoms with Crippen LogP contribution in [0, 0.1) is 11.7 Å². The number of halogens is 1. The first kappa shape index (κ1) is 11.1. The number of aliphatic hydroxyl groups excluding tert-OH is 1. The highest BCUT2D eigenvalue weighted by molar-refractivity contribution is 5.26. The zero-order chi connectivity index (χ0) is 11.7. The number of nitrogens with zero attached hydrogens (tertiary/aromatic N) is 2. The van der Waals surface area contributed by atoms with Crippen LogP contribution in [0.25, 0.3) is 0 Å². The van der Waals surface area contributed by atoms with Crippen molar-refractivity contribution in [1.82, 2.24) is 9.55 Å². The van der Waals surface area contributed by atoms with Gasteiger partial charge in [0.05, 0.1) is 0 Å². The van der Waals surface area contributed by atoms with E-state index in [-0.39, 0.29) is 24.4 Å². The molecule has 2 atom stereocenters. The predicted octanol–water partition coefficient (Wildman–Crippen LogP) is 0.298. The van der Waals surface area contributed by atoms with Gasteiger partial charge in [-0.15, -0.1) is 0 Å². The smallest absolute Gasteiger partial charge is 0.349 e. The van der Waals surface area contributed by atoms with Crippen LogP contribution in [-0.4, -0.2) is 21.3 Å². The summed E-state index contributed by atoms with van der Waals surface area (Å²) in [5, 5.41) is 9.00. The zero-order valence-corrected chi connectivity index (χ0v) is 8.77. The summed E-state index contributed by atoms with van der Waals surface area (Å²) >= 11 is 0. The molecule has 0 unspecified atom stereocenters. The van der Waals surface area contributed by atoms with Crippen LogP contribution >= 0.6 is 0 Å². The Morgan fingerprint density at radius 1 is 1.62 bits per heavy atom. The van der Waals surface area contributed by atoms with Crippen molar-refractivity contribution in [1.29, 1.82) is 0 Å². The van der Waals surface area contributed by atoms with Crippen molar-refractivity contribution in [3.63, 3.8) is 0 Å². The highest BCUT2D eigenvalue weighted by Crippen LogP contribution is 2.33. The van der Waals surface area contributed by atoms with E-state index in [1.165, 1.54) is 4.57 Å². The SMILES string of the molecule is Nc1nc(=O)n([C@H]2CC[C@@H](CO)C2)cc1F. The molecule has 1 aliphatic rings. The fraction of sp³-hybridized carbons (Fsp3) is 0.600. The molecule has 0 saturated heterocycles. The second kappa shape index (κ2) is 4.21. The van der Waals surface area contributed by atoms with Crippen molar-refractivity contribution < 1.29 is 9.50 Å². The Hall–Kier alpha value is -1.43. The summed E-state index contributed by atoms with van der Waals surface area (Å²) in [6, 6.07) is -0.0766. The Kier molecular flexibility index (Phi) is 2.91. The van der Waals surface area contributed by atoms with E-state index in [1.807, 2.05) is 0 Å². The van der Waals surface area contributed by atoms with E-state index in [2.05, 4.69) is 4.98 Å². The van der Waals surface area contributed by atoms with Crippen molar-refractivity contribution in [2.75, 3.05) is 12.3 Å². The van der Waals surface area contributed by atoms with Crippen LogP contribution in [0.1, 0.15) is 25.3 Å². The number of nitrogens with two attached hydrogens (primary N) is 1. The molecule has 1 aliphatic carbocycles. The Balaban J connectivity index is 2.28. The van der Waals surface area contributed by atoms with E-state index < -0.39 is 11.5 Å². The molecule has 0 bridgehead atoms. The van der Waals surface area contributed by atoms with Crippen LogP contribution in [-0.2, 0) is 0 Å². The van der Waals surface area contributed by atoms with E-state index in [4.69, 9.17) is 10.8 Å². The summed E-state index contributed by atoms with van der Waals surface area (Å²) in [7, 11) is 0. The Labute approximate surface area is 91.7 Å². The van der Waals surface area contributed by atoms with E-state index in [0.29, 0.717) is 6.42 Å². The van der Waals surface area contributed by atoms with E-state index in [0.717, 1.165) is 19.0 Å². The molecule has 1 heterocycles. The topological polar surface area (TPSA) is 81.1 Å². The molecule has 0 amide bonds. The lowest BCUT2D eigenvalue weighted by molar-refractivity contribution is 0.226. The molecule has 0 spiro atoms. The van der Waals surface area contributed by atoms with Gasteiger partial charge in [0, 0.05) is 18.8 Å². The summed E-state index contributed by atoms with van der Waals surface area (Å²) in [6.45, 7) is 0.107. The number of hydrogen-bond acceptors (Lipinski definition) is 4. The summed E-state index contributed by atoms with van der Waals surface area (Å²) in [6.07, 6.45) is 3.40. The van der Waals surface area contributed by atoms with E-state index in [1.54, 1.807) is 0 Å². The predicted molar refractivity (Wildman–Crippen MR) is 56.3 cm³/mol.